The molecule has 3 rings (SSSR count). The average Bonchev–Trinajstić information content (AvgIpc) is 2.72. The molecule has 0 aliphatic rings. The van der Waals surface area contributed by atoms with Crippen molar-refractivity contribution in [3.8, 4) is 0 Å². The van der Waals surface area contributed by atoms with Crippen molar-refractivity contribution in [1.29, 1.82) is 0 Å². The second kappa shape index (κ2) is 9.89. The molecule has 3 amide bonds. The molecule has 0 radical (unpaired) electrons. The van der Waals surface area contributed by atoms with Crippen LogP contribution in [0.15, 0.2) is 77.3 Å². The van der Waals surface area contributed by atoms with Gasteiger partial charge in [-0.3, -0.25) is 4.79 Å². The Morgan fingerprint density at radius 2 is 1.41 bits per heavy atom. The molecule has 0 unspecified atom stereocenters. The van der Waals surface area contributed by atoms with E-state index in [1.165, 1.54) is 5.56 Å². The van der Waals surface area contributed by atoms with Gasteiger partial charge in [-0.05, 0) is 60.5 Å². The number of hydrogen-bond acceptors (Lipinski definition) is 2. The van der Waals surface area contributed by atoms with Crippen molar-refractivity contribution in [2.45, 2.75) is 19.8 Å². The van der Waals surface area contributed by atoms with Gasteiger partial charge < -0.3 is 16.0 Å². The van der Waals surface area contributed by atoms with Crippen LogP contribution in [0.4, 0.5) is 21.9 Å². The number of nitrogens with one attached hydrogen (secondary N) is 3. The van der Waals surface area contributed by atoms with Gasteiger partial charge in [0.25, 0.3) is 5.91 Å². The summed E-state index contributed by atoms with van der Waals surface area (Å²) >= 11 is 3.36. The first-order chi connectivity index (χ1) is 14.0. The average molecular weight is 452 g/mol. The molecule has 29 heavy (non-hydrogen) atoms. The van der Waals surface area contributed by atoms with Gasteiger partial charge in [-0.1, -0.05) is 53.5 Å². The molecule has 0 heterocycles. The number of carbonyl (C=O) groups is 2. The molecule has 0 spiro atoms. The number of para-hydroxylation sites is 1. The predicted molar refractivity (Wildman–Crippen MR) is 122 cm³/mol. The molecule has 0 saturated heterocycles. The second-order valence-electron chi connectivity index (χ2n) is 6.53. The first-order valence-corrected chi connectivity index (χ1v) is 10.2. The van der Waals surface area contributed by atoms with Gasteiger partial charge in [0.1, 0.15) is 0 Å². The summed E-state index contributed by atoms with van der Waals surface area (Å²) in [5.74, 6) is -0.284. The van der Waals surface area contributed by atoms with Crippen LogP contribution in [-0.4, -0.2) is 11.9 Å². The summed E-state index contributed by atoms with van der Waals surface area (Å²) in [5.41, 5.74) is 3.42. The predicted octanol–water partition coefficient (Wildman–Crippen LogP) is 6.30. The maximum atomic E-state index is 12.7. The van der Waals surface area contributed by atoms with E-state index in [4.69, 9.17) is 0 Å². The van der Waals surface area contributed by atoms with E-state index in [0.717, 1.165) is 17.3 Å². The lowest BCUT2D eigenvalue weighted by Gasteiger charge is -2.12. The summed E-state index contributed by atoms with van der Waals surface area (Å²) in [7, 11) is 0. The normalized spacial score (nSPS) is 10.3. The van der Waals surface area contributed by atoms with Crippen molar-refractivity contribution in [3.63, 3.8) is 0 Å². The largest absolute Gasteiger partial charge is 0.323 e. The Morgan fingerprint density at radius 1 is 0.793 bits per heavy atom. The van der Waals surface area contributed by atoms with Gasteiger partial charge in [-0.15, -0.1) is 0 Å². The molecule has 0 atom stereocenters. The Labute approximate surface area is 178 Å². The fourth-order valence-corrected chi connectivity index (χ4v) is 3.11. The van der Waals surface area contributed by atoms with Crippen LogP contribution in [0, 0.1) is 0 Å². The maximum absolute atomic E-state index is 12.7. The van der Waals surface area contributed by atoms with Crippen LogP contribution in [0.2, 0.25) is 0 Å². The third-order valence-electron chi connectivity index (χ3n) is 4.27. The number of rotatable bonds is 6. The highest BCUT2D eigenvalue weighted by Gasteiger charge is 2.13. The molecule has 5 nitrogen and oxygen atoms in total. The van der Waals surface area contributed by atoms with E-state index in [9.17, 15) is 9.59 Å². The molecule has 0 aliphatic carbocycles. The van der Waals surface area contributed by atoms with Crippen LogP contribution in [0.3, 0.4) is 0 Å². The minimum Gasteiger partial charge on any atom is -0.322 e. The van der Waals surface area contributed by atoms with E-state index < -0.39 is 6.03 Å². The summed E-state index contributed by atoms with van der Waals surface area (Å²) in [5, 5.41) is 8.37. The summed E-state index contributed by atoms with van der Waals surface area (Å²) in [6.07, 6.45) is 2.08. The van der Waals surface area contributed by atoms with E-state index in [2.05, 4.69) is 38.8 Å². The number of benzene rings is 3. The van der Waals surface area contributed by atoms with Crippen molar-refractivity contribution in [2.24, 2.45) is 0 Å². The summed E-state index contributed by atoms with van der Waals surface area (Å²) in [6.45, 7) is 2.13. The monoisotopic (exact) mass is 451 g/mol. The Bertz CT molecular complexity index is 986. The molecule has 148 valence electrons. The van der Waals surface area contributed by atoms with Crippen LogP contribution >= 0.6 is 15.9 Å². The molecule has 0 fully saturated rings. The van der Waals surface area contributed by atoms with Crippen molar-refractivity contribution in [2.75, 3.05) is 16.0 Å². The number of urea groups is 1. The van der Waals surface area contributed by atoms with E-state index in [1.54, 1.807) is 36.4 Å². The highest BCUT2D eigenvalue weighted by atomic mass is 79.9. The van der Waals surface area contributed by atoms with E-state index in [-0.39, 0.29) is 5.91 Å². The van der Waals surface area contributed by atoms with Crippen molar-refractivity contribution in [1.82, 2.24) is 0 Å². The number of carbonyl (C=O) groups excluding carboxylic acids is 2. The third kappa shape index (κ3) is 5.93. The quantitative estimate of drug-likeness (QED) is 0.411. The molecule has 0 aliphatic heterocycles. The zero-order valence-corrected chi connectivity index (χ0v) is 17.6. The zero-order valence-electron chi connectivity index (χ0n) is 16.0. The van der Waals surface area contributed by atoms with Crippen LogP contribution < -0.4 is 16.0 Å². The fourth-order valence-electron chi connectivity index (χ4n) is 2.85. The smallest absolute Gasteiger partial charge is 0.322 e. The van der Waals surface area contributed by atoms with Crippen molar-refractivity contribution < 1.29 is 9.59 Å². The summed E-state index contributed by atoms with van der Waals surface area (Å²) < 4.78 is 0.924. The van der Waals surface area contributed by atoms with E-state index in [1.807, 2.05) is 36.4 Å². The molecule has 0 bridgehead atoms. The van der Waals surface area contributed by atoms with E-state index in [0.29, 0.717) is 22.6 Å². The molecular weight excluding hydrogens is 430 g/mol. The molecule has 3 aromatic carbocycles. The van der Waals surface area contributed by atoms with Gasteiger partial charge in [0.2, 0.25) is 0 Å². The van der Waals surface area contributed by atoms with Gasteiger partial charge in [0, 0.05) is 15.8 Å². The lowest BCUT2D eigenvalue weighted by molar-refractivity contribution is 0.102. The number of anilines is 3. The Kier molecular flexibility index (Phi) is 7.03. The lowest BCUT2D eigenvalue weighted by atomic mass is 10.1. The molecule has 0 saturated carbocycles. The van der Waals surface area contributed by atoms with Crippen LogP contribution in [0.5, 0.6) is 0 Å². The van der Waals surface area contributed by atoms with Gasteiger partial charge in [-0.2, -0.15) is 0 Å². The van der Waals surface area contributed by atoms with Crippen LogP contribution in [0.25, 0.3) is 0 Å². The second-order valence-corrected chi connectivity index (χ2v) is 7.45. The first kappa shape index (κ1) is 20.6. The molecule has 0 aromatic heterocycles. The molecule has 6 heteroatoms. The minimum absolute atomic E-state index is 0.284. The molecule has 3 N–H and O–H groups in total. The van der Waals surface area contributed by atoms with Crippen molar-refractivity contribution >= 4 is 44.9 Å². The minimum atomic E-state index is -0.420. The van der Waals surface area contributed by atoms with E-state index >= 15 is 0 Å². The van der Waals surface area contributed by atoms with Crippen molar-refractivity contribution in [3.05, 3.63) is 88.4 Å². The van der Waals surface area contributed by atoms with Gasteiger partial charge >= 0.3 is 6.03 Å². The Hall–Kier alpha value is -3.12. The van der Waals surface area contributed by atoms with Crippen LogP contribution in [0.1, 0.15) is 29.3 Å². The zero-order chi connectivity index (χ0) is 20.6. The fraction of sp³-hybridized carbons (Fsp3) is 0.130. The summed E-state index contributed by atoms with van der Waals surface area (Å²) in [4.78, 5) is 25.1. The topological polar surface area (TPSA) is 70.2 Å². The Balaban J connectivity index is 1.68. The summed E-state index contributed by atoms with van der Waals surface area (Å²) in [6, 6.07) is 21.5. The van der Waals surface area contributed by atoms with Gasteiger partial charge in [0.15, 0.2) is 0 Å². The highest BCUT2D eigenvalue weighted by molar-refractivity contribution is 9.10. The highest BCUT2D eigenvalue weighted by Crippen LogP contribution is 2.19. The number of aryl methyl sites for hydroxylation is 1. The Morgan fingerprint density at radius 3 is 2.10 bits per heavy atom. The standard InChI is InChI=1S/C23H22BrN3O2/c1-2-5-16-8-12-18(13-9-16)25-22(28)20-6-3-4-7-21(20)27-23(29)26-19-14-10-17(24)11-15-19/h3-4,6-15H,2,5H2,1H3,(H,25,28)(H2,26,27,29). The third-order valence-corrected chi connectivity index (χ3v) is 4.80. The lowest BCUT2D eigenvalue weighted by Crippen LogP contribution is -2.22. The maximum Gasteiger partial charge on any atom is 0.323 e. The number of amides is 3. The SMILES string of the molecule is CCCc1ccc(NC(=O)c2ccccc2NC(=O)Nc2ccc(Br)cc2)cc1. The van der Waals surface area contributed by atoms with Crippen LogP contribution in [-0.2, 0) is 6.42 Å². The van der Waals surface area contributed by atoms with Gasteiger partial charge in [-0.25, -0.2) is 4.79 Å². The molecule has 3 aromatic rings. The number of halogens is 1. The molecular formula is C23H22BrN3O2. The first-order valence-electron chi connectivity index (χ1n) is 9.38. The number of hydrogen-bond donors (Lipinski definition) is 3. The van der Waals surface area contributed by atoms with Gasteiger partial charge in [0.05, 0.1) is 11.3 Å².